The molecule has 9 nitrogen and oxygen atoms in total. The summed E-state index contributed by atoms with van der Waals surface area (Å²) in [5, 5.41) is 0.614. The van der Waals surface area contributed by atoms with E-state index in [4.69, 9.17) is 10.6 Å². The lowest BCUT2D eigenvalue weighted by Gasteiger charge is -2.26. The van der Waals surface area contributed by atoms with Crippen molar-refractivity contribution in [2.45, 2.75) is 4.90 Å². The smallest absolute Gasteiger partial charge is 0.265 e. The molecule has 1 aliphatic heterocycles. The van der Waals surface area contributed by atoms with E-state index in [1.54, 1.807) is 48.8 Å². The predicted molar refractivity (Wildman–Crippen MR) is 132 cm³/mol. The van der Waals surface area contributed by atoms with Crippen LogP contribution >= 0.6 is 0 Å². The highest BCUT2D eigenvalue weighted by atomic mass is 32.2. The third kappa shape index (κ3) is 4.52. The lowest BCUT2D eigenvalue weighted by molar-refractivity contribution is 0.0730. The average molecular weight is 490 g/mol. The fraction of sp³-hybridized carbons (Fsp3) is 0.160. The summed E-state index contributed by atoms with van der Waals surface area (Å²) in [4.78, 5) is 21.3. The minimum atomic E-state index is -3.54. The quantitative estimate of drug-likeness (QED) is 0.251. The molecule has 0 unspecified atom stereocenters. The number of nitrogens with two attached hydrogens (primary N) is 1. The molecule has 0 bridgehead atoms. The van der Waals surface area contributed by atoms with E-state index in [1.807, 2.05) is 24.3 Å². The molecule has 1 amide bonds. The molecule has 0 aliphatic carbocycles. The molecule has 35 heavy (non-hydrogen) atoms. The number of morpholine rings is 1. The van der Waals surface area contributed by atoms with Crippen LogP contribution in [0.4, 0.5) is 0 Å². The Balaban J connectivity index is 1.42. The van der Waals surface area contributed by atoms with Gasteiger partial charge in [-0.3, -0.25) is 15.2 Å². The second-order valence-electron chi connectivity index (χ2n) is 8.04. The van der Waals surface area contributed by atoms with Gasteiger partial charge in [0.1, 0.15) is 0 Å². The summed E-state index contributed by atoms with van der Waals surface area (Å²) in [7, 11) is -3.54. The van der Waals surface area contributed by atoms with Crippen LogP contribution in [0.5, 0.6) is 0 Å². The van der Waals surface area contributed by atoms with Crippen LogP contribution in [0, 0.1) is 0 Å². The number of rotatable bonds is 5. The van der Waals surface area contributed by atoms with Gasteiger partial charge < -0.3 is 4.74 Å². The zero-order chi connectivity index (χ0) is 24.4. The molecule has 0 atom stereocenters. The number of carbonyl (C=O) groups is 1. The molecule has 0 spiro atoms. The maximum atomic E-state index is 12.9. The number of fused-ring (bicyclic) bond motifs is 1. The Morgan fingerprint density at radius 3 is 2.23 bits per heavy atom. The normalized spacial score (nSPS) is 14.7. The van der Waals surface area contributed by atoms with Gasteiger partial charge in [-0.05, 0) is 35.4 Å². The summed E-state index contributed by atoms with van der Waals surface area (Å²) in [6.07, 6.45) is 3.21. The van der Waals surface area contributed by atoms with Crippen molar-refractivity contribution in [1.82, 2.24) is 19.7 Å². The van der Waals surface area contributed by atoms with E-state index in [9.17, 15) is 13.2 Å². The first-order valence-corrected chi connectivity index (χ1v) is 12.5. The minimum Gasteiger partial charge on any atom is -0.379 e. The predicted octanol–water partition coefficient (Wildman–Crippen LogP) is 2.59. The molecular formula is C25H23N5O4S. The molecule has 178 valence electrons. The Morgan fingerprint density at radius 1 is 0.943 bits per heavy atom. The lowest BCUT2D eigenvalue weighted by atomic mass is 10.0. The first-order valence-electron chi connectivity index (χ1n) is 11.0. The van der Waals surface area contributed by atoms with Gasteiger partial charge in [-0.2, -0.15) is 4.31 Å². The molecule has 3 N–H and O–H groups in total. The SMILES string of the molecule is NNC(=O)c1cc(-c2ccc(-c3ccc(S(=O)(=O)N4CCOCC4)cc3)cc2)nc2ccncc12. The highest BCUT2D eigenvalue weighted by Gasteiger charge is 2.26. The number of hydrogen-bond donors (Lipinski definition) is 2. The van der Waals surface area contributed by atoms with Crippen molar-refractivity contribution < 1.29 is 17.9 Å². The highest BCUT2D eigenvalue weighted by Crippen LogP contribution is 2.28. The molecular weight excluding hydrogens is 466 g/mol. The standard InChI is InChI=1S/C25H23N5O4S/c26-29-25(31)21-15-24(28-23-9-10-27-16-22(21)23)19-3-1-17(2-4-19)18-5-7-20(8-6-18)35(32,33)30-11-13-34-14-12-30/h1-10,15-16H,11-14,26H2,(H,29,31). The maximum Gasteiger partial charge on any atom is 0.265 e. The summed E-state index contributed by atoms with van der Waals surface area (Å²) in [6.45, 7) is 1.54. The number of nitrogens with one attached hydrogen (secondary N) is 1. The van der Waals surface area contributed by atoms with E-state index in [0.29, 0.717) is 48.5 Å². The third-order valence-corrected chi connectivity index (χ3v) is 7.87. The summed E-state index contributed by atoms with van der Waals surface area (Å²) >= 11 is 0. The first kappa shape index (κ1) is 23.1. The number of nitrogens with zero attached hydrogens (tertiary/aromatic N) is 3. The Hall–Kier alpha value is -3.70. The molecule has 2 aromatic heterocycles. The van der Waals surface area contributed by atoms with Crippen molar-refractivity contribution in [3.05, 3.63) is 78.6 Å². The van der Waals surface area contributed by atoms with Gasteiger partial charge in [0, 0.05) is 36.4 Å². The molecule has 0 radical (unpaired) electrons. The van der Waals surface area contributed by atoms with E-state index in [-0.39, 0.29) is 4.90 Å². The molecule has 4 aromatic rings. The van der Waals surface area contributed by atoms with Gasteiger partial charge in [0.05, 0.1) is 34.9 Å². The van der Waals surface area contributed by atoms with Gasteiger partial charge >= 0.3 is 0 Å². The number of ether oxygens (including phenoxy) is 1. The Bertz CT molecular complexity index is 1480. The average Bonchev–Trinajstić information content (AvgIpc) is 2.92. The number of hydrazine groups is 1. The van der Waals surface area contributed by atoms with Crippen LogP contribution in [0.2, 0.25) is 0 Å². The topological polar surface area (TPSA) is 128 Å². The van der Waals surface area contributed by atoms with Crippen LogP contribution in [-0.2, 0) is 14.8 Å². The molecule has 0 saturated carbocycles. The number of benzene rings is 2. The Kier molecular flexibility index (Phi) is 6.27. The second-order valence-corrected chi connectivity index (χ2v) is 9.98. The van der Waals surface area contributed by atoms with Gasteiger partial charge in [-0.1, -0.05) is 36.4 Å². The number of nitrogen functional groups attached to an aromatic ring is 1. The van der Waals surface area contributed by atoms with Crippen LogP contribution < -0.4 is 11.3 Å². The summed E-state index contributed by atoms with van der Waals surface area (Å²) in [6, 6.07) is 18.0. The third-order valence-electron chi connectivity index (χ3n) is 5.96. The largest absolute Gasteiger partial charge is 0.379 e. The van der Waals surface area contributed by atoms with E-state index in [1.165, 1.54) is 4.31 Å². The van der Waals surface area contributed by atoms with Crippen LogP contribution in [0.15, 0.2) is 78.0 Å². The number of pyridine rings is 2. The molecule has 1 fully saturated rings. The van der Waals surface area contributed by atoms with Crippen molar-refractivity contribution in [2.24, 2.45) is 5.84 Å². The van der Waals surface area contributed by atoms with Gasteiger partial charge in [0.15, 0.2) is 0 Å². The zero-order valence-electron chi connectivity index (χ0n) is 18.7. The summed E-state index contributed by atoms with van der Waals surface area (Å²) in [5.74, 6) is 4.94. The molecule has 1 aliphatic rings. The Morgan fingerprint density at radius 2 is 1.57 bits per heavy atom. The van der Waals surface area contributed by atoms with Gasteiger partial charge in [0.2, 0.25) is 10.0 Å². The molecule has 1 saturated heterocycles. The molecule has 10 heteroatoms. The maximum absolute atomic E-state index is 12.9. The van der Waals surface area contributed by atoms with Gasteiger partial charge in [0.25, 0.3) is 5.91 Å². The number of aromatic nitrogens is 2. The zero-order valence-corrected chi connectivity index (χ0v) is 19.5. The van der Waals surface area contributed by atoms with Crippen LogP contribution in [0.25, 0.3) is 33.3 Å². The number of sulfonamides is 1. The fourth-order valence-electron chi connectivity index (χ4n) is 4.07. The summed E-state index contributed by atoms with van der Waals surface area (Å²) in [5.41, 5.74) is 6.46. The van der Waals surface area contributed by atoms with Crippen LogP contribution in [0.3, 0.4) is 0 Å². The Labute approximate surface area is 202 Å². The van der Waals surface area contributed by atoms with E-state index in [2.05, 4.69) is 15.4 Å². The summed E-state index contributed by atoms with van der Waals surface area (Å²) < 4.78 is 32.4. The number of hydrogen-bond acceptors (Lipinski definition) is 7. The number of amides is 1. The second kappa shape index (κ2) is 9.51. The monoisotopic (exact) mass is 489 g/mol. The van der Waals surface area contributed by atoms with Crippen molar-refractivity contribution in [1.29, 1.82) is 0 Å². The highest BCUT2D eigenvalue weighted by molar-refractivity contribution is 7.89. The van der Waals surface area contributed by atoms with Crippen molar-refractivity contribution in [3.63, 3.8) is 0 Å². The van der Waals surface area contributed by atoms with E-state index < -0.39 is 15.9 Å². The molecule has 5 rings (SSSR count). The fourth-order valence-corrected chi connectivity index (χ4v) is 5.48. The number of carbonyl (C=O) groups excluding carboxylic acids is 1. The van der Waals surface area contributed by atoms with E-state index in [0.717, 1.165) is 16.7 Å². The lowest BCUT2D eigenvalue weighted by Crippen LogP contribution is -2.40. The van der Waals surface area contributed by atoms with Crippen LogP contribution in [-0.4, -0.2) is 54.9 Å². The van der Waals surface area contributed by atoms with Gasteiger partial charge in [-0.15, -0.1) is 0 Å². The van der Waals surface area contributed by atoms with E-state index >= 15 is 0 Å². The van der Waals surface area contributed by atoms with Crippen molar-refractivity contribution >= 4 is 26.8 Å². The molecule has 3 heterocycles. The van der Waals surface area contributed by atoms with Crippen molar-refractivity contribution in [3.8, 4) is 22.4 Å². The van der Waals surface area contributed by atoms with Crippen LogP contribution in [0.1, 0.15) is 10.4 Å². The molecule has 2 aromatic carbocycles. The van der Waals surface area contributed by atoms with Gasteiger partial charge in [-0.25, -0.2) is 19.2 Å². The van der Waals surface area contributed by atoms with Crippen molar-refractivity contribution in [2.75, 3.05) is 26.3 Å². The first-order chi connectivity index (χ1) is 17.0. The minimum absolute atomic E-state index is 0.264.